The zero-order chi connectivity index (χ0) is 13.8. The fourth-order valence-electron chi connectivity index (χ4n) is 4.21. The fourth-order valence-corrected chi connectivity index (χ4v) is 4.21. The van der Waals surface area contributed by atoms with E-state index in [4.69, 9.17) is 0 Å². The molecule has 0 saturated heterocycles. The predicted octanol–water partition coefficient (Wildman–Crippen LogP) is 2.09. The van der Waals surface area contributed by atoms with Crippen LogP contribution in [0.4, 0.5) is 0 Å². The van der Waals surface area contributed by atoms with Crippen molar-refractivity contribution < 1.29 is 15.3 Å². The van der Waals surface area contributed by atoms with Gasteiger partial charge in [0.15, 0.2) is 0 Å². The second-order valence-corrected chi connectivity index (χ2v) is 7.43. The zero-order valence-electron chi connectivity index (χ0n) is 12.1. The standard InChI is InChI=1S/C15H28O3/c1-10-5-6-12(16)15(18)8-7-11(13(2,3)17)9-14(10,15)4/h10-12,16-18H,5-9H2,1-4H3/t10-,11-,12+,14+,15-/m1/s1. The van der Waals surface area contributed by atoms with Crippen LogP contribution in [0.15, 0.2) is 0 Å². The molecular weight excluding hydrogens is 228 g/mol. The Balaban J connectivity index is 2.31. The molecule has 2 aliphatic rings. The summed E-state index contributed by atoms with van der Waals surface area (Å²) in [6.07, 6.45) is 3.23. The van der Waals surface area contributed by atoms with Crippen molar-refractivity contribution in [1.29, 1.82) is 0 Å². The third-order valence-corrected chi connectivity index (χ3v) is 6.04. The van der Waals surface area contributed by atoms with Crippen LogP contribution in [0.2, 0.25) is 0 Å². The van der Waals surface area contributed by atoms with Crippen LogP contribution in [0.3, 0.4) is 0 Å². The molecular formula is C15H28O3. The average molecular weight is 256 g/mol. The highest BCUT2D eigenvalue weighted by molar-refractivity contribution is 5.10. The van der Waals surface area contributed by atoms with Crippen LogP contribution >= 0.6 is 0 Å². The minimum absolute atomic E-state index is 0.204. The van der Waals surface area contributed by atoms with Crippen molar-refractivity contribution in [2.75, 3.05) is 0 Å². The Hall–Kier alpha value is -0.120. The van der Waals surface area contributed by atoms with Gasteiger partial charge in [-0.25, -0.2) is 0 Å². The van der Waals surface area contributed by atoms with E-state index in [1.54, 1.807) is 0 Å². The monoisotopic (exact) mass is 256 g/mol. The number of aliphatic hydroxyl groups is 3. The molecule has 3 N–H and O–H groups in total. The molecule has 0 aromatic heterocycles. The lowest BCUT2D eigenvalue weighted by Gasteiger charge is -2.60. The molecule has 0 aliphatic heterocycles. The number of rotatable bonds is 1. The summed E-state index contributed by atoms with van der Waals surface area (Å²) in [4.78, 5) is 0. The smallest absolute Gasteiger partial charge is 0.0961 e. The van der Waals surface area contributed by atoms with E-state index < -0.39 is 17.3 Å². The molecule has 3 nitrogen and oxygen atoms in total. The van der Waals surface area contributed by atoms with Gasteiger partial charge in [-0.3, -0.25) is 0 Å². The van der Waals surface area contributed by atoms with Gasteiger partial charge in [-0.05, 0) is 57.8 Å². The van der Waals surface area contributed by atoms with Gasteiger partial charge in [0.2, 0.25) is 0 Å². The van der Waals surface area contributed by atoms with Crippen molar-refractivity contribution in [2.45, 2.75) is 77.1 Å². The molecule has 3 heteroatoms. The summed E-state index contributed by atoms with van der Waals surface area (Å²) < 4.78 is 0. The Morgan fingerprint density at radius 1 is 1.17 bits per heavy atom. The Morgan fingerprint density at radius 3 is 2.33 bits per heavy atom. The van der Waals surface area contributed by atoms with Crippen molar-refractivity contribution in [2.24, 2.45) is 17.3 Å². The van der Waals surface area contributed by atoms with Crippen LogP contribution in [0.1, 0.15) is 59.8 Å². The molecule has 2 saturated carbocycles. The molecule has 2 rings (SSSR count). The summed E-state index contributed by atoms with van der Waals surface area (Å²) in [6.45, 7) is 7.98. The lowest BCUT2D eigenvalue weighted by Crippen LogP contribution is -2.64. The number of aliphatic hydroxyl groups excluding tert-OH is 1. The molecule has 2 fully saturated rings. The molecule has 0 spiro atoms. The number of hydrogen-bond donors (Lipinski definition) is 3. The Labute approximate surface area is 110 Å². The van der Waals surface area contributed by atoms with Crippen LogP contribution in [0.25, 0.3) is 0 Å². The van der Waals surface area contributed by atoms with Crippen LogP contribution in [0, 0.1) is 17.3 Å². The van der Waals surface area contributed by atoms with Crippen LogP contribution < -0.4 is 0 Å². The summed E-state index contributed by atoms with van der Waals surface area (Å²) in [5.41, 5.74) is -1.95. The quantitative estimate of drug-likeness (QED) is 0.673. The second kappa shape index (κ2) is 4.19. The first-order chi connectivity index (χ1) is 8.11. The van der Waals surface area contributed by atoms with Crippen molar-refractivity contribution in [3.63, 3.8) is 0 Å². The Kier molecular flexibility index (Phi) is 3.33. The molecule has 0 bridgehead atoms. The first-order valence-corrected chi connectivity index (χ1v) is 7.24. The van der Waals surface area contributed by atoms with E-state index >= 15 is 0 Å². The number of fused-ring (bicyclic) bond motifs is 1. The predicted molar refractivity (Wildman–Crippen MR) is 71.1 cm³/mol. The molecule has 5 atom stereocenters. The normalized spacial score (nSPS) is 49.8. The van der Waals surface area contributed by atoms with E-state index in [9.17, 15) is 15.3 Å². The average Bonchev–Trinajstić information content (AvgIpc) is 2.26. The van der Waals surface area contributed by atoms with Gasteiger partial charge in [0.1, 0.15) is 0 Å². The fraction of sp³-hybridized carbons (Fsp3) is 1.00. The van der Waals surface area contributed by atoms with Gasteiger partial charge < -0.3 is 15.3 Å². The third-order valence-electron chi connectivity index (χ3n) is 6.04. The molecule has 0 radical (unpaired) electrons. The maximum Gasteiger partial charge on any atom is 0.0961 e. The van der Waals surface area contributed by atoms with E-state index in [0.29, 0.717) is 18.8 Å². The van der Waals surface area contributed by atoms with Gasteiger partial charge in [0.25, 0.3) is 0 Å². The summed E-state index contributed by atoms with van der Waals surface area (Å²) in [5.74, 6) is 0.589. The molecule has 0 unspecified atom stereocenters. The summed E-state index contributed by atoms with van der Waals surface area (Å²) in [7, 11) is 0. The SMILES string of the molecule is C[C@@H]1CC[C@H](O)[C@]2(O)CC[C@@H](C(C)(C)O)C[C@@]12C. The van der Waals surface area contributed by atoms with Crippen LogP contribution in [-0.2, 0) is 0 Å². The lowest BCUT2D eigenvalue weighted by molar-refractivity contribution is -0.234. The van der Waals surface area contributed by atoms with Crippen molar-refractivity contribution in [3.05, 3.63) is 0 Å². The van der Waals surface area contributed by atoms with Crippen molar-refractivity contribution in [1.82, 2.24) is 0 Å². The van der Waals surface area contributed by atoms with Crippen molar-refractivity contribution in [3.8, 4) is 0 Å². The minimum atomic E-state index is -0.966. The molecule has 2 aliphatic carbocycles. The first-order valence-electron chi connectivity index (χ1n) is 7.24. The van der Waals surface area contributed by atoms with Gasteiger partial charge in [-0.15, -0.1) is 0 Å². The second-order valence-electron chi connectivity index (χ2n) is 7.43. The van der Waals surface area contributed by atoms with E-state index in [-0.39, 0.29) is 11.3 Å². The zero-order valence-corrected chi connectivity index (χ0v) is 12.1. The van der Waals surface area contributed by atoms with E-state index in [2.05, 4.69) is 13.8 Å². The highest BCUT2D eigenvalue weighted by atomic mass is 16.3. The molecule has 0 aromatic rings. The van der Waals surface area contributed by atoms with Crippen LogP contribution in [0.5, 0.6) is 0 Å². The minimum Gasteiger partial charge on any atom is -0.390 e. The first kappa shape index (κ1) is 14.3. The topological polar surface area (TPSA) is 60.7 Å². The third kappa shape index (κ3) is 1.91. The highest BCUT2D eigenvalue weighted by Crippen LogP contribution is 2.58. The molecule has 0 aromatic carbocycles. The molecule has 18 heavy (non-hydrogen) atoms. The highest BCUT2D eigenvalue weighted by Gasteiger charge is 2.60. The van der Waals surface area contributed by atoms with E-state index in [0.717, 1.165) is 19.3 Å². The molecule has 106 valence electrons. The van der Waals surface area contributed by atoms with Crippen LogP contribution in [-0.4, -0.2) is 32.6 Å². The summed E-state index contributed by atoms with van der Waals surface area (Å²) in [6, 6.07) is 0. The Morgan fingerprint density at radius 2 is 1.78 bits per heavy atom. The van der Waals surface area contributed by atoms with E-state index in [1.165, 1.54) is 0 Å². The summed E-state index contributed by atoms with van der Waals surface area (Å²) >= 11 is 0. The molecule has 0 amide bonds. The number of hydrogen-bond acceptors (Lipinski definition) is 3. The Bertz CT molecular complexity index is 322. The van der Waals surface area contributed by atoms with Gasteiger partial charge in [0, 0.05) is 5.41 Å². The maximum absolute atomic E-state index is 10.9. The van der Waals surface area contributed by atoms with E-state index in [1.807, 2.05) is 13.8 Å². The summed E-state index contributed by atoms with van der Waals surface area (Å²) in [5, 5.41) is 31.4. The largest absolute Gasteiger partial charge is 0.390 e. The van der Waals surface area contributed by atoms with Gasteiger partial charge in [-0.1, -0.05) is 13.8 Å². The van der Waals surface area contributed by atoms with Gasteiger partial charge >= 0.3 is 0 Å². The molecule has 0 heterocycles. The van der Waals surface area contributed by atoms with Gasteiger partial charge in [-0.2, -0.15) is 0 Å². The van der Waals surface area contributed by atoms with Gasteiger partial charge in [0.05, 0.1) is 17.3 Å². The lowest BCUT2D eigenvalue weighted by atomic mass is 9.49. The van der Waals surface area contributed by atoms with Crippen molar-refractivity contribution >= 4 is 0 Å². The maximum atomic E-state index is 10.9.